The van der Waals surface area contributed by atoms with Gasteiger partial charge in [0.05, 0.1) is 34.4 Å². The number of carboxylic acids is 1. The molecule has 0 heterocycles. The number of hydrogen-bond acceptors (Lipinski definition) is 6. The van der Waals surface area contributed by atoms with Gasteiger partial charge in [0.15, 0.2) is 12.1 Å². The van der Waals surface area contributed by atoms with Gasteiger partial charge >= 0.3 is 17.9 Å². The molecule has 0 aromatic heterocycles. The van der Waals surface area contributed by atoms with E-state index < -0.39 is 18.1 Å². The van der Waals surface area contributed by atoms with Crippen molar-refractivity contribution < 1.29 is 38.2 Å². The van der Waals surface area contributed by atoms with Crippen LogP contribution in [-0.4, -0.2) is 80.6 Å². The maximum atomic E-state index is 12.7. The summed E-state index contributed by atoms with van der Waals surface area (Å²) in [6, 6.07) is -0.622. The molecule has 0 amide bonds. The molecule has 0 saturated heterocycles. The van der Waals surface area contributed by atoms with Crippen LogP contribution < -0.4 is 0 Å². The van der Waals surface area contributed by atoms with Crippen LogP contribution in [-0.2, 0) is 28.6 Å². The quantitative estimate of drug-likeness (QED) is 0.0285. The third-order valence-corrected chi connectivity index (χ3v) is 10.1. The van der Waals surface area contributed by atoms with Crippen LogP contribution in [0.2, 0.25) is 0 Å². The number of ether oxygens (including phenoxy) is 3. The minimum Gasteiger partial charge on any atom is -0.477 e. The van der Waals surface area contributed by atoms with Gasteiger partial charge in [-0.25, -0.2) is 4.79 Å². The normalized spacial score (nSPS) is 13.5. The first-order chi connectivity index (χ1) is 27.6. The van der Waals surface area contributed by atoms with Crippen LogP contribution in [0.1, 0.15) is 181 Å². The van der Waals surface area contributed by atoms with Crippen LogP contribution in [0.25, 0.3) is 0 Å². The van der Waals surface area contributed by atoms with Gasteiger partial charge in [0, 0.05) is 19.3 Å². The zero-order chi connectivity index (χ0) is 42.1. The molecule has 0 saturated carbocycles. The minimum absolute atomic E-state index is 0.0468. The molecule has 0 radical (unpaired) electrons. The van der Waals surface area contributed by atoms with Gasteiger partial charge in [-0.2, -0.15) is 0 Å². The second-order valence-electron chi connectivity index (χ2n) is 16.4. The zero-order valence-electron chi connectivity index (χ0n) is 37.3. The molecule has 0 bridgehead atoms. The highest BCUT2D eigenvalue weighted by Gasteiger charge is 2.31. The molecule has 0 aromatic rings. The Hall–Kier alpha value is -2.97. The average Bonchev–Trinajstić information content (AvgIpc) is 3.17. The zero-order valence-corrected chi connectivity index (χ0v) is 37.3. The third-order valence-electron chi connectivity index (χ3n) is 10.1. The summed E-state index contributed by atoms with van der Waals surface area (Å²) in [7, 11) is 5.51. The topological polar surface area (TPSA) is 99.1 Å². The van der Waals surface area contributed by atoms with Gasteiger partial charge in [-0.3, -0.25) is 9.59 Å². The number of esters is 2. The summed E-state index contributed by atoms with van der Waals surface area (Å²) in [6.07, 6.45) is 48.4. The number of nitrogens with zero attached hydrogens (tertiary/aromatic N) is 1. The van der Waals surface area contributed by atoms with Gasteiger partial charge < -0.3 is 23.8 Å². The maximum absolute atomic E-state index is 12.7. The fourth-order valence-corrected chi connectivity index (χ4v) is 6.52. The Morgan fingerprint density at radius 3 is 1.46 bits per heavy atom. The van der Waals surface area contributed by atoms with Gasteiger partial charge in [-0.1, -0.05) is 190 Å². The highest BCUT2D eigenvalue weighted by Crippen LogP contribution is 2.15. The van der Waals surface area contributed by atoms with E-state index in [9.17, 15) is 19.5 Å². The molecule has 2 atom stereocenters. The van der Waals surface area contributed by atoms with Gasteiger partial charge in [0.1, 0.15) is 6.61 Å². The number of carbonyl (C=O) groups excluding carboxylic acids is 2. The first kappa shape index (κ1) is 54.0. The van der Waals surface area contributed by atoms with E-state index in [0.717, 1.165) is 51.4 Å². The highest BCUT2D eigenvalue weighted by molar-refractivity contribution is 5.72. The van der Waals surface area contributed by atoms with Crippen molar-refractivity contribution in [1.82, 2.24) is 0 Å². The van der Waals surface area contributed by atoms with E-state index in [1.807, 2.05) is 69.8 Å². The van der Waals surface area contributed by atoms with Crippen LogP contribution in [0.15, 0.2) is 60.8 Å². The molecule has 0 aliphatic heterocycles. The molecule has 0 fully saturated rings. The first-order valence-corrected chi connectivity index (χ1v) is 22.9. The number of unbranched alkanes of at least 4 members (excludes halogenated alkanes) is 20. The number of aliphatic carboxylic acids is 1. The van der Waals surface area contributed by atoms with Crippen molar-refractivity contribution in [2.75, 3.05) is 41.0 Å². The van der Waals surface area contributed by atoms with Gasteiger partial charge in [-0.05, 0) is 32.1 Å². The number of carboxylic acid groups (broad SMARTS) is 1. The molecule has 8 heteroatoms. The average molecular weight is 801 g/mol. The standard InChI is InChI=1S/C49H85NO7/c1-6-8-10-12-14-16-18-20-22-23-24-26-28-30-32-34-36-38-40-48(52)57-45(43-55-42-41-46(49(53)54)50(3,4)5)44-56-47(51)39-37-35-33-31-29-27-25-21-19-17-15-13-11-9-7-2/h9,11,13,15,17,19,21,25,27,29,45-46H,6-8,10,12,14,16,18,20,22-24,26,28,30-44H2,1-5H3/p+1/b11-9+,15-13+,19-17+,25-21+,29-27+. The van der Waals surface area contributed by atoms with E-state index in [1.54, 1.807) is 0 Å². The van der Waals surface area contributed by atoms with E-state index in [4.69, 9.17) is 14.2 Å². The smallest absolute Gasteiger partial charge is 0.362 e. The second kappa shape index (κ2) is 39.8. The molecule has 328 valence electrons. The lowest BCUT2D eigenvalue weighted by Crippen LogP contribution is -2.50. The number of rotatable bonds is 40. The van der Waals surface area contributed by atoms with Crippen LogP contribution in [0.3, 0.4) is 0 Å². The van der Waals surface area contributed by atoms with Gasteiger partial charge in [-0.15, -0.1) is 0 Å². The predicted molar refractivity (Wildman–Crippen MR) is 238 cm³/mol. The molecule has 0 spiro atoms. The summed E-state index contributed by atoms with van der Waals surface area (Å²) < 4.78 is 17.3. The summed E-state index contributed by atoms with van der Waals surface area (Å²) >= 11 is 0. The lowest BCUT2D eigenvalue weighted by molar-refractivity contribution is -0.887. The number of quaternary nitrogens is 1. The van der Waals surface area contributed by atoms with Crippen molar-refractivity contribution in [1.29, 1.82) is 0 Å². The van der Waals surface area contributed by atoms with Gasteiger partial charge in [0.25, 0.3) is 0 Å². The Bertz CT molecular complexity index is 1120. The van der Waals surface area contributed by atoms with E-state index in [0.29, 0.717) is 19.3 Å². The fraction of sp³-hybridized carbons (Fsp3) is 0.735. The molecular formula is C49H86NO7+. The van der Waals surface area contributed by atoms with E-state index in [-0.39, 0.29) is 36.2 Å². The van der Waals surface area contributed by atoms with E-state index in [2.05, 4.69) is 26.0 Å². The van der Waals surface area contributed by atoms with Crippen LogP contribution in [0, 0.1) is 0 Å². The summed E-state index contributed by atoms with van der Waals surface area (Å²) in [6.45, 7) is 4.56. The molecule has 1 N–H and O–H groups in total. The van der Waals surface area contributed by atoms with Crippen molar-refractivity contribution in [2.45, 2.75) is 193 Å². The summed E-state index contributed by atoms with van der Waals surface area (Å²) in [4.78, 5) is 37.0. The van der Waals surface area contributed by atoms with E-state index in [1.165, 1.54) is 96.3 Å². The van der Waals surface area contributed by atoms with Crippen molar-refractivity contribution in [3.8, 4) is 0 Å². The lowest BCUT2D eigenvalue weighted by Gasteiger charge is -2.31. The second-order valence-corrected chi connectivity index (χ2v) is 16.4. The SMILES string of the molecule is CC/C=C/C=C/C=C/C=C/C=C/CCCCCC(=O)OCC(COCCC(C(=O)O)[N+](C)(C)C)OC(=O)CCCCCCCCCCCCCCCCCCCC. The van der Waals surface area contributed by atoms with Crippen LogP contribution in [0.5, 0.6) is 0 Å². The van der Waals surface area contributed by atoms with Crippen molar-refractivity contribution >= 4 is 17.9 Å². The summed E-state index contributed by atoms with van der Waals surface area (Å²) in [5.74, 6) is -1.52. The Balaban J connectivity index is 4.37. The summed E-state index contributed by atoms with van der Waals surface area (Å²) in [5.41, 5.74) is 0. The molecule has 0 aliphatic carbocycles. The number of hydrogen-bond donors (Lipinski definition) is 1. The Morgan fingerprint density at radius 1 is 0.544 bits per heavy atom. The lowest BCUT2D eigenvalue weighted by atomic mass is 10.0. The first-order valence-electron chi connectivity index (χ1n) is 22.9. The van der Waals surface area contributed by atoms with Crippen LogP contribution >= 0.6 is 0 Å². The monoisotopic (exact) mass is 801 g/mol. The Morgan fingerprint density at radius 2 is 0.982 bits per heavy atom. The molecule has 0 aromatic carbocycles. The van der Waals surface area contributed by atoms with Crippen LogP contribution in [0.4, 0.5) is 0 Å². The maximum Gasteiger partial charge on any atom is 0.362 e. The van der Waals surface area contributed by atoms with Gasteiger partial charge in [0.2, 0.25) is 0 Å². The van der Waals surface area contributed by atoms with E-state index >= 15 is 0 Å². The molecule has 57 heavy (non-hydrogen) atoms. The highest BCUT2D eigenvalue weighted by atomic mass is 16.6. The number of likely N-dealkylation sites (N-methyl/N-ethyl adjacent to an activating group) is 1. The predicted octanol–water partition coefficient (Wildman–Crippen LogP) is 12.6. The molecule has 8 nitrogen and oxygen atoms in total. The number of carbonyl (C=O) groups is 3. The number of allylic oxidation sites excluding steroid dienone is 10. The third kappa shape index (κ3) is 38.3. The molecule has 0 aliphatic rings. The minimum atomic E-state index is -0.882. The largest absolute Gasteiger partial charge is 0.477 e. The summed E-state index contributed by atoms with van der Waals surface area (Å²) in [5, 5.41) is 9.62. The fourth-order valence-electron chi connectivity index (χ4n) is 6.52. The van der Waals surface area contributed by atoms with Crippen molar-refractivity contribution in [2.24, 2.45) is 0 Å². The molecular weight excluding hydrogens is 715 g/mol. The Kier molecular flexibility index (Phi) is 37.8. The molecule has 0 rings (SSSR count). The molecule has 2 unspecified atom stereocenters. The van der Waals surface area contributed by atoms with Crippen molar-refractivity contribution in [3.05, 3.63) is 60.8 Å². The Labute approximate surface area is 349 Å². The van der Waals surface area contributed by atoms with Crippen molar-refractivity contribution in [3.63, 3.8) is 0 Å².